The molecule has 0 heterocycles. The number of hydrogen-bond acceptors (Lipinski definition) is 6. The molecule has 0 aliphatic carbocycles. The third kappa shape index (κ3) is 9.52. The fourth-order valence-electron chi connectivity index (χ4n) is 5.39. The van der Waals surface area contributed by atoms with Crippen LogP contribution in [0, 0.1) is 0 Å². The zero-order valence-electron chi connectivity index (χ0n) is 28.1. The lowest BCUT2D eigenvalue weighted by Gasteiger charge is -2.25. The van der Waals surface area contributed by atoms with Crippen molar-refractivity contribution in [3.63, 3.8) is 0 Å². The van der Waals surface area contributed by atoms with Crippen LogP contribution in [-0.2, 0) is 42.4 Å². The monoisotopic (exact) mass is 715 g/mol. The molecule has 4 rings (SSSR count). The summed E-state index contributed by atoms with van der Waals surface area (Å²) in [7, 11) is -5.93. The lowest BCUT2D eigenvalue weighted by Crippen LogP contribution is -2.48. The normalized spacial score (nSPS) is 14.6. The number of benzene rings is 4. The predicted octanol–water partition coefficient (Wildman–Crippen LogP) is 6.98. The summed E-state index contributed by atoms with van der Waals surface area (Å²) < 4.78 is 77.8. The number of nitrogens with zero attached hydrogens (tertiary/aromatic N) is 1. The first-order valence-electron chi connectivity index (χ1n) is 16.2. The second-order valence-corrected chi connectivity index (χ2v) is 15.7. The molecule has 1 amide bonds. The van der Waals surface area contributed by atoms with Gasteiger partial charge in [-0.05, 0) is 62.3 Å². The summed E-state index contributed by atoms with van der Waals surface area (Å²) in [5, 5.41) is 4.01. The van der Waals surface area contributed by atoms with Gasteiger partial charge in [-0.1, -0.05) is 85.8 Å². The van der Waals surface area contributed by atoms with E-state index in [1.54, 1.807) is 25.1 Å². The van der Waals surface area contributed by atoms with E-state index in [0.29, 0.717) is 29.3 Å². The van der Waals surface area contributed by atoms with Gasteiger partial charge in [-0.3, -0.25) is 9.36 Å². The van der Waals surface area contributed by atoms with E-state index in [1.165, 1.54) is 30.7 Å². The molecule has 3 N–H and O–H groups in total. The lowest BCUT2D eigenvalue weighted by atomic mass is 10.0. The van der Waals surface area contributed by atoms with E-state index in [9.17, 15) is 22.7 Å². The standard InChI is InChI=1S/C36H44F2N3O6PS/c1-5-26(2)47-48(43,44)36(37,38)29-22-20-28(21-23-29)25-32(35(42)39-24-10-9-15-27-13-7-6-8-14-27)40-49(45,46)34-19-12-16-30-31(34)17-11-18-33(30)41(3)4/h6-8,11-14,16-23,26,32,40H,5,9-10,15,24-25H2,1-4H3,(H,39,42)(H,43,44). The van der Waals surface area contributed by atoms with Gasteiger partial charge in [-0.15, -0.1) is 0 Å². The van der Waals surface area contributed by atoms with Gasteiger partial charge in [0.05, 0.1) is 11.0 Å². The van der Waals surface area contributed by atoms with E-state index in [2.05, 4.69) is 10.0 Å². The molecule has 0 aliphatic rings. The second-order valence-electron chi connectivity index (χ2n) is 12.2. The minimum absolute atomic E-state index is 0.00985. The Kier molecular flexibility index (Phi) is 12.7. The number of aryl methyl sites for hydroxylation is 1. The van der Waals surface area contributed by atoms with Crippen LogP contribution in [0.5, 0.6) is 0 Å². The Morgan fingerprint density at radius 1 is 0.918 bits per heavy atom. The first-order chi connectivity index (χ1) is 23.2. The molecule has 13 heteroatoms. The van der Waals surface area contributed by atoms with Crippen LogP contribution in [0.2, 0.25) is 0 Å². The molecule has 0 bridgehead atoms. The van der Waals surface area contributed by atoms with Crippen molar-refractivity contribution in [2.24, 2.45) is 0 Å². The number of halogens is 2. The van der Waals surface area contributed by atoms with Crippen LogP contribution >= 0.6 is 7.60 Å². The van der Waals surface area contributed by atoms with Crippen LogP contribution in [0.3, 0.4) is 0 Å². The average Bonchev–Trinajstić information content (AvgIpc) is 3.07. The van der Waals surface area contributed by atoms with Crippen molar-refractivity contribution in [3.8, 4) is 0 Å². The zero-order valence-corrected chi connectivity index (χ0v) is 29.8. The van der Waals surface area contributed by atoms with Crippen molar-refractivity contribution in [1.29, 1.82) is 0 Å². The molecule has 4 aromatic carbocycles. The number of sulfonamides is 1. The number of carbonyl (C=O) groups excluding carboxylic acids is 1. The average molecular weight is 716 g/mol. The summed E-state index contributed by atoms with van der Waals surface area (Å²) in [6, 6.07) is 23.4. The number of amides is 1. The van der Waals surface area contributed by atoms with Gasteiger partial charge >= 0.3 is 13.3 Å². The molecule has 0 aromatic heterocycles. The summed E-state index contributed by atoms with van der Waals surface area (Å²) in [5.74, 6) is -0.575. The molecule has 49 heavy (non-hydrogen) atoms. The maximum absolute atomic E-state index is 15.1. The topological polar surface area (TPSA) is 125 Å². The van der Waals surface area contributed by atoms with Crippen LogP contribution in [-0.4, -0.2) is 52.0 Å². The molecule has 0 fully saturated rings. The largest absolute Gasteiger partial charge is 0.402 e. The fraction of sp³-hybridized carbons (Fsp3) is 0.361. The Morgan fingerprint density at radius 2 is 1.57 bits per heavy atom. The van der Waals surface area contributed by atoms with Crippen molar-refractivity contribution >= 4 is 40.0 Å². The third-order valence-electron chi connectivity index (χ3n) is 8.27. The van der Waals surface area contributed by atoms with Gasteiger partial charge in [0.15, 0.2) is 0 Å². The molecular formula is C36H44F2N3O6PS. The van der Waals surface area contributed by atoms with Gasteiger partial charge in [0.25, 0.3) is 0 Å². The van der Waals surface area contributed by atoms with E-state index in [1.807, 2.05) is 61.5 Å². The molecule has 0 saturated heterocycles. The zero-order chi connectivity index (χ0) is 35.8. The number of carbonyl (C=O) groups is 1. The lowest BCUT2D eigenvalue weighted by molar-refractivity contribution is -0.122. The van der Waals surface area contributed by atoms with Crippen molar-refractivity contribution in [1.82, 2.24) is 10.0 Å². The predicted molar refractivity (Wildman–Crippen MR) is 189 cm³/mol. The van der Waals surface area contributed by atoms with E-state index < -0.39 is 46.9 Å². The number of rotatable bonds is 17. The molecule has 264 valence electrons. The Morgan fingerprint density at radius 3 is 2.22 bits per heavy atom. The van der Waals surface area contributed by atoms with Crippen LogP contribution < -0.4 is 14.9 Å². The molecule has 0 saturated carbocycles. The fourth-order valence-corrected chi connectivity index (χ4v) is 8.05. The maximum Gasteiger partial charge on any atom is 0.402 e. The SMILES string of the molecule is CCC(C)OP(=O)(O)C(F)(F)c1ccc(CC(NS(=O)(=O)c2cccc3c(N(C)C)cccc23)C(=O)NCCCCc2ccccc2)cc1. The van der Waals surface area contributed by atoms with E-state index >= 15 is 8.78 Å². The summed E-state index contributed by atoms with van der Waals surface area (Å²) in [5.41, 5.74) is -2.58. The highest BCUT2D eigenvalue weighted by Gasteiger charge is 2.53. The number of alkyl halides is 2. The minimum atomic E-state index is -5.37. The highest BCUT2D eigenvalue weighted by molar-refractivity contribution is 7.89. The van der Waals surface area contributed by atoms with Crippen molar-refractivity contribution in [3.05, 3.63) is 108 Å². The van der Waals surface area contributed by atoms with Crippen molar-refractivity contribution in [2.45, 2.75) is 68.7 Å². The van der Waals surface area contributed by atoms with Gasteiger partial charge in [0.1, 0.15) is 6.04 Å². The Balaban J connectivity index is 1.57. The molecule has 0 aliphatic heterocycles. The van der Waals surface area contributed by atoms with Crippen LogP contribution in [0.4, 0.5) is 14.5 Å². The molecule has 4 aromatic rings. The van der Waals surface area contributed by atoms with Crippen molar-refractivity contribution in [2.75, 3.05) is 25.5 Å². The Bertz CT molecular complexity index is 1880. The minimum Gasteiger partial charge on any atom is -0.377 e. The number of nitrogens with one attached hydrogen (secondary N) is 2. The van der Waals surface area contributed by atoms with E-state index in [-0.39, 0.29) is 17.7 Å². The van der Waals surface area contributed by atoms with Gasteiger partial charge in [-0.25, -0.2) is 8.42 Å². The first-order valence-corrected chi connectivity index (χ1v) is 19.2. The Hall–Kier alpha value is -3.67. The number of hydrogen-bond donors (Lipinski definition) is 3. The first kappa shape index (κ1) is 38.1. The van der Waals surface area contributed by atoms with E-state index in [4.69, 9.17) is 4.52 Å². The van der Waals surface area contributed by atoms with Crippen LogP contribution in [0.15, 0.2) is 95.9 Å². The molecule has 0 radical (unpaired) electrons. The highest BCUT2D eigenvalue weighted by Crippen LogP contribution is 2.63. The summed E-state index contributed by atoms with van der Waals surface area (Å²) >= 11 is 0. The number of unbranched alkanes of at least 4 members (excludes halogenated alkanes) is 1. The van der Waals surface area contributed by atoms with Gasteiger partial charge < -0.3 is 19.6 Å². The molecule has 9 nitrogen and oxygen atoms in total. The third-order valence-corrected chi connectivity index (χ3v) is 11.4. The summed E-state index contributed by atoms with van der Waals surface area (Å²) in [6.45, 7) is 3.37. The summed E-state index contributed by atoms with van der Waals surface area (Å²) in [4.78, 5) is 25.5. The Labute approximate surface area is 287 Å². The molecule has 3 atom stereocenters. The highest BCUT2D eigenvalue weighted by atomic mass is 32.2. The van der Waals surface area contributed by atoms with Gasteiger partial charge in [-0.2, -0.15) is 13.5 Å². The molecule has 3 unspecified atom stereocenters. The van der Waals surface area contributed by atoms with Crippen LogP contribution in [0.1, 0.15) is 49.8 Å². The molecule has 0 spiro atoms. The second kappa shape index (κ2) is 16.4. The smallest absolute Gasteiger partial charge is 0.377 e. The van der Waals surface area contributed by atoms with Gasteiger partial charge in [0.2, 0.25) is 15.9 Å². The molecular weight excluding hydrogens is 671 g/mol. The van der Waals surface area contributed by atoms with E-state index in [0.717, 1.165) is 30.7 Å². The number of anilines is 1. The maximum atomic E-state index is 15.1. The summed E-state index contributed by atoms with van der Waals surface area (Å²) in [6.07, 6.45) is 1.51. The van der Waals surface area contributed by atoms with Crippen molar-refractivity contribution < 1.29 is 36.0 Å². The number of fused-ring (bicyclic) bond motifs is 1. The quantitative estimate of drug-likeness (QED) is 0.0796. The van der Waals surface area contributed by atoms with Crippen LogP contribution in [0.25, 0.3) is 10.8 Å². The van der Waals surface area contributed by atoms with Gasteiger partial charge in [0, 0.05) is 42.7 Å².